The summed E-state index contributed by atoms with van der Waals surface area (Å²) in [5.41, 5.74) is 1.21. The number of alkyl halides is 3. The van der Waals surface area contributed by atoms with E-state index < -0.39 is 12.1 Å². The van der Waals surface area contributed by atoms with Gasteiger partial charge in [-0.15, -0.1) is 0 Å². The van der Waals surface area contributed by atoms with Gasteiger partial charge in [0.05, 0.1) is 6.61 Å². The summed E-state index contributed by atoms with van der Waals surface area (Å²) in [4.78, 5) is 13.9. The second kappa shape index (κ2) is 3.40. The minimum atomic E-state index is -4.87. The van der Waals surface area contributed by atoms with Crippen molar-refractivity contribution in [1.29, 1.82) is 0 Å². The van der Waals surface area contributed by atoms with E-state index in [1.807, 2.05) is 0 Å². The molecule has 0 unspecified atom stereocenters. The van der Waals surface area contributed by atoms with E-state index in [-0.39, 0.29) is 6.61 Å². The molecular formula is C4H6F3NO2. The Morgan fingerprint density at radius 3 is 2.40 bits per heavy atom. The molecule has 0 aromatic heterocycles. The van der Waals surface area contributed by atoms with Crippen LogP contribution in [0.2, 0.25) is 0 Å². The Bertz CT molecular complexity index is 122. The lowest BCUT2D eigenvalue weighted by Gasteiger charge is -2.05. The van der Waals surface area contributed by atoms with Gasteiger partial charge in [-0.25, -0.2) is 5.48 Å². The zero-order chi connectivity index (χ0) is 8.20. The smallest absolute Gasteiger partial charge is 0.274 e. The first-order chi connectivity index (χ1) is 4.48. The van der Waals surface area contributed by atoms with Crippen LogP contribution in [0.15, 0.2) is 0 Å². The summed E-state index contributed by atoms with van der Waals surface area (Å²) in [6, 6.07) is 0. The van der Waals surface area contributed by atoms with Crippen LogP contribution in [0.5, 0.6) is 0 Å². The standard InChI is InChI=1S/C4H6F3NO2/c1-2-10-8-3(9)4(5,6)7/h2H2,1H3,(H,8,9). The van der Waals surface area contributed by atoms with Gasteiger partial charge in [-0.1, -0.05) is 0 Å². The molecular weight excluding hydrogens is 151 g/mol. The molecule has 1 N–H and O–H groups in total. The van der Waals surface area contributed by atoms with Crippen LogP contribution in [0, 0.1) is 0 Å². The second-order valence-corrected chi connectivity index (χ2v) is 1.36. The van der Waals surface area contributed by atoms with E-state index in [0.29, 0.717) is 0 Å². The fraction of sp³-hybridized carbons (Fsp3) is 0.750. The first-order valence-corrected chi connectivity index (χ1v) is 2.47. The molecule has 0 saturated carbocycles. The van der Waals surface area contributed by atoms with Crippen molar-refractivity contribution in [1.82, 2.24) is 5.48 Å². The van der Waals surface area contributed by atoms with Crippen LogP contribution in [-0.4, -0.2) is 18.7 Å². The highest BCUT2D eigenvalue weighted by atomic mass is 19.4. The van der Waals surface area contributed by atoms with E-state index in [0.717, 1.165) is 0 Å². The Balaban J connectivity index is 3.64. The lowest BCUT2D eigenvalue weighted by Crippen LogP contribution is -2.36. The Morgan fingerprint density at radius 2 is 2.10 bits per heavy atom. The summed E-state index contributed by atoms with van der Waals surface area (Å²) in [6.45, 7) is 1.46. The maximum Gasteiger partial charge on any atom is 0.473 e. The predicted molar refractivity (Wildman–Crippen MR) is 25.8 cm³/mol. The largest absolute Gasteiger partial charge is 0.473 e. The summed E-state index contributed by atoms with van der Waals surface area (Å²) in [7, 11) is 0. The lowest BCUT2D eigenvalue weighted by molar-refractivity contribution is -0.185. The molecule has 0 spiro atoms. The second-order valence-electron chi connectivity index (χ2n) is 1.36. The Morgan fingerprint density at radius 1 is 1.60 bits per heavy atom. The van der Waals surface area contributed by atoms with E-state index in [1.54, 1.807) is 0 Å². The normalized spacial score (nSPS) is 11.2. The number of nitrogens with one attached hydrogen (secondary N) is 1. The third kappa shape index (κ3) is 3.29. The van der Waals surface area contributed by atoms with Crippen molar-refractivity contribution in [3.05, 3.63) is 0 Å². The number of hydrogen-bond donors (Lipinski definition) is 1. The van der Waals surface area contributed by atoms with E-state index in [2.05, 4.69) is 4.84 Å². The fourth-order valence-electron chi connectivity index (χ4n) is 0.196. The molecule has 60 valence electrons. The van der Waals surface area contributed by atoms with Gasteiger partial charge < -0.3 is 0 Å². The fourth-order valence-corrected chi connectivity index (χ4v) is 0.196. The van der Waals surface area contributed by atoms with Crippen LogP contribution >= 0.6 is 0 Å². The van der Waals surface area contributed by atoms with Gasteiger partial charge in [0.1, 0.15) is 0 Å². The average molecular weight is 157 g/mol. The molecule has 0 aliphatic rings. The Hall–Kier alpha value is -0.780. The zero-order valence-corrected chi connectivity index (χ0v) is 5.16. The Labute approximate surface area is 55.1 Å². The van der Waals surface area contributed by atoms with Crippen LogP contribution in [0.3, 0.4) is 0 Å². The summed E-state index contributed by atoms with van der Waals surface area (Å²) >= 11 is 0. The van der Waals surface area contributed by atoms with Crippen molar-refractivity contribution >= 4 is 5.91 Å². The van der Waals surface area contributed by atoms with Gasteiger partial charge in [0.25, 0.3) is 0 Å². The van der Waals surface area contributed by atoms with E-state index in [1.165, 1.54) is 12.4 Å². The van der Waals surface area contributed by atoms with Gasteiger partial charge in [-0.3, -0.25) is 9.63 Å². The van der Waals surface area contributed by atoms with E-state index in [9.17, 15) is 18.0 Å². The number of amides is 1. The molecule has 0 radical (unpaired) electrons. The average Bonchev–Trinajstić information content (AvgIpc) is 1.80. The van der Waals surface area contributed by atoms with Gasteiger partial charge in [-0.05, 0) is 6.92 Å². The van der Waals surface area contributed by atoms with Crippen molar-refractivity contribution in [2.24, 2.45) is 0 Å². The van der Waals surface area contributed by atoms with Crippen molar-refractivity contribution < 1.29 is 22.8 Å². The molecule has 0 aromatic rings. The minimum absolute atomic E-state index is 0.00181. The third-order valence-corrected chi connectivity index (χ3v) is 0.567. The monoisotopic (exact) mass is 157 g/mol. The SMILES string of the molecule is CCONC(=O)C(F)(F)F. The summed E-state index contributed by atoms with van der Waals surface area (Å²) in [5.74, 6) is -2.09. The van der Waals surface area contributed by atoms with Crippen LogP contribution in [0.25, 0.3) is 0 Å². The van der Waals surface area contributed by atoms with Gasteiger partial charge in [0.2, 0.25) is 0 Å². The maximum absolute atomic E-state index is 11.3. The maximum atomic E-state index is 11.3. The molecule has 0 aromatic carbocycles. The van der Waals surface area contributed by atoms with Crippen molar-refractivity contribution in [3.8, 4) is 0 Å². The number of hydrogen-bond acceptors (Lipinski definition) is 2. The van der Waals surface area contributed by atoms with Crippen LogP contribution in [0.1, 0.15) is 6.92 Å². The molecule has 0 aliphatic heterocycles. The summed E-state index contributed by atoms with van der Waals surface area (Å²) in [6.07, 6.45) is -4.87. The first kappa shape index (κ1) is 9.22. The number of carbonyl (C=O) groups is 1. The molecule has 0 saturated heterocycles. The molecule has 0 bridgehead atoms. The van der Waals surface area contributed by atoms with Gasteiger partial charge in [0.15, 0.2) is 0 Å². The first-order valence-electron chi connectivity index (χ1n) is 2.47. The van der Waals surface area contributed by atoms with Crippen LogP contribution in [0.4, 0.5) is 13.2 Å². The van der Waals surface area contributed by atoms with Crippen LogP contribution < -0.4 is 5.48 Å². The lowest BCUT2D eigenvalue weighted by atomic mass is 10.6. The van der Waals surface area contributed by atoms with Crippen LogP contribution in [-0.2, 0) is 9.63 Å². The Kier molecular flexibility index (Phi) is 3.14. The van der Waals surface area contributed by atoms with Crippen molar-refractivity contribution in [2.75, 3.05) is 6.61 Å². The van der Waals surface area contributed by atoms with E-state index >= 15 is 0 Å². The molecule has 0 aliphatic carbocycles. The quantitative estimate of drug-likeness (QED) is 0.596. The molecule has 1 amide bonds. The predicted octanol–water partition coefficient (Wildman–Crippen LogP) is 0.616. The summed E-state index contributed by atoms with van der Waals surface area (Å²) < 4.78 is 33.8. The molecule has 6 heteroatoms. The van der Waals surface area contributed by atoms with Gasteiger partial charge in [0, 0.05) is 0 Å². The highest BCUT2D eigenvalue weighted by Gasteiger charge is 2.38. The highest BCUT2D eigenvalue weighted by molar-refractivity contribution is 5.80. The number of rotatable bonds is 2. The van der Waals surface area contributed by atoms with Crippen molar-refractivity contribution in [3.63, 3.8) is 0 Å². The van der Waals surface area contributed by atoms with Gasteiger partial charge in [-0.2, -0.15) is 13.2 Å². The number of hydroxylamine groups is 1. The topological polar surface area (TPSA) is 38.3 Å². The number of carbonyl (C=O) groups excluding carboxylic acids is 1. The molecule has 10 heavy (non-hydrogen) atoms. The molecule has 0 heterocycles. The summed E-state index contributed by atoms with van der Waals surface area (Å²) in [5, 5.41) is 0. The molecule has 3 nitrogen and oxygen atoms in total. The van der Waals surface area contributed by atoms with E-state index in [4.69, 9.17) is 0 Å². The highest BCUT2D eigenvalue weighted by Crippen LogP contribution is 2.13. The zero-order valence-electron chi connectivity index (χ0n) is 5.16. The van der Waals surface area contributed by atoms with Gasteiger partial charge >= 0.3 is 12.1 Å². The molecule has 0 atom stereocenters. The third-order valence-electron chi connectivity index (χ3n) is 0.567. The molecule has 0 fully saturated rings. The van der Waals surface area contributed by atoms with Crippen molar-refractivity contribution in [2.45, 2.75) is 13.1 Å². The molecule has 0 rings (SSSR count). The number of halogens is 3. The minimum Gasteiger partial charge on any atom is -0.274 e.